The van der Waals surface area contributed by atoms with Gasteiger partial charge in [-0.15, -0.1) is 0 Å². The van der Waals surface area contributed by atoms with Gasteiger partial charge in [0.25, 0.3) is 0 Å². The fraction of sp³-hybridized carbons (Fsp3) is 0.500. The normalized spacial score (nSPS) is 19.5. The first kappa shape index (κ1) is 14.5. The standard InChI is InChI=1S/C16H21N3OS/c17-16(21)13-3-1-12(2-4-13)11-15(20)19-9-7-18(8-10-19)14-5-6-14/h1-4,14H,5-11H2,(H2,17,21). The number of benzene rings is 1. The highest BCUT2D eigenvalue weighted by Crippen LogP contribution is 2.27. The van der Waals surface area contributed by atoms with Crippen LogP contribution in [0.15, 0.2) is 24.3 Å². The van der Waals surface area contributed by atoms with E-state index in [1.54, 1.807) is 0 Å². The molecule has 2 N–H and O–H groups in total. The van der Waals surface area contributed by atoms with Crippen molar-refractivity contribution in [1.29, 1.82) is 0 Å². The van der Waals surface area contributed by atoms with Crippen molar-refractivity contribution in [3.05, 3.63) is 35.4 Å². The van der Waals surface area contributed by atoms with Gasteiger partial charge in [-0.1, -0.05) is 36.5 Å². The van der Waals surface area contributed by atoms with E-state index in [1.807, 2.05) is 29.2 Å². The molecule has 2 fully saturated rings. The molecular formula is C16H21N3OS. The summed E-state index contributed by atoms with van der Waals surface area (Å²) in [6.45, 7) is 3.77. The van der Waals surface area contributed by atoms with Crippen LogP contribution in [-0.4, -0.2) is 52.9 Å². The molecule has 0 spiro atoms. The molecule has 2 aliphatic rings. The topological polar surface area (TPSA) is 49.6 Å². The van der Waals surface area contributed by atoms with Gasteiger partial charge in [0.2, 0.25) is 5.91 Å². The second kappa shape index (κ2) is 6.12. The fourth-order valence-electron chi connectivity index (χ4n) is 2.85. The third-order valence-corrected chi connectivity index (χ3v) is 4.56. The summed E-state index contributed by atoms with van der Waals surface area (Å²) in [5, 5.41) is 0. The number of nitrogens with two attached hydrogens (primary N) is 1. The third kappa shape index (κ3) is 3.60. The number of piperazine rings is 1. The molecule has 0 bridgehead atoms. The largest absolute Gasteiger partial charge is 0.389 e. The van der Waals surface area contributed by atoms with Crippen LogP contribution in [-0.2, 0) is 11.2 Å². The number of hydrogen-bond donors (Lipinski definition) is 1. The Morgan fingerprint density at radius 3 is 2.29 bits per heavy atom. The molecule has 0 unspecified atom stereocenters. The maximum atomic E-state index is 12.3. The van der Waals surface area contributed by atoms with E-state index in [-0.39, 0.29) is 5.91 Å². The maximum Gasteiger partial charge on any atom is 0.227 e. The van der Waals surface area contributed by atoms with Gasteiger partial charge in [-0.3, -0.25) is 9.69 Å². The molecule has 1 aromatic rings. The number of amides is 1. The molecule has 112 valence electrons. The van der Waals surface area contributed by atoms with Crippen LogP contribution in [0.3, 0.4) is 0 Å². The van der Waals surface area contributed by atoms with Gasteiger partial charge in [0.15, 0.2) is 0 Å². The van der Waals surface area contributed by atoms with Crippen LogP contribution in [0.2, 0.25) is 0 Å². The summed E-state index contributed by atoms with van der Waals surface area (Å²) >= 11 is 4.93. The highest BCUT2D eigenvalue weighted by molar-refractivity contribution is 7.80. The molecule has 0 atom stereocenters. The molecule has 1 aliphatic heterocycles. The number of rotatable bonds is 4. The Labute approximate surface area is 130 Å². The molecule has 1 aliphatic carbocycles. The summed E-state index contributed by atoms with van der Waals surface area (Å²) in [7, 11) is 0. The van der Waals surface area contributed by atoms with Gasteiger partial charge in [0.05, 0.1) is 6.42 Å². The van der Waals surface area contributed by atoms with Gasteiger partial charge in [0, 0.05) is 37.8 Å². The Hall–Kier alpha value is -1.46. The molecule has 4 nitrogen and oxygen atoms in total. The van der Waals surface area contributed by atoms with Gasteiger partial charge in [0.1, 0.15) is 4.99 Å². The van der Waals surface area contributed by atoms with Gasteiger partial charge in [-0.25, -0.2) is 0 Å². The van der Waals surface area contributed by atoms with Crippen LogP contribution in [0.5, 0.6) is 0 Å². The Morgan fingerprint density at radius 1 is 1.14 bits per heavy atom. The average Bonchev–Trinajstić information content (AvgIpc) is 3.32. The van der Waals surface area contributed by atoms with E-state index in [1.165, 1.54) is 12.8 Å². The highest BCUT2D eigenvalue weighted by atomic mass is 32.1. The third-order valence-electron chi connectivity index (χ3n) is 4.32. The second-order valence-electron chi connectivity index (χ2n) is 5.89. The van der Waals surface area contributed by atoms with E-state index >= 15 is 0 Å². The zero-order chi connectivity index (χ0) is 14.8. The van der Waals surface area contributed by atoms with Crippen molar-refractivity contribution >= 4 is 23.1 Å². The summed E-state index contributed by atoms with van der Waals surface area (Å²) < 4.78 is 0. The molecule has 3 rings (SSSR count). The minimum Gasteiger partial charge on any atom is -0.389 e. The Bertz CT molecular complexity index is 531. The lowest BCUT2D eigenvalue weighted by Gasteiger charge is -2.34. The van der Waals surface area contributed by atoms with Crippen molar-refractivity contribution in [3.8, 4) is 0 Å². The van der Waals surface area contributed by atoms with E-state index in [0.717, 1.165) is 43.3 Å². The molecule has 1 saturated heterocycles. The smallest absolute Gasteiger partial charge is 0.227 e. The molecular weight excluding hydrogens is 282 g/mol. The van der Waals surface area contributed by atoms with Crippen molar-refractivity contribution in [2.24, 2.45) is 5.73 Å². The van der Waals surface area contributed by atoms with Crippen molar-refractivity contribution in [2.75, 3.05) is 26.2 Å². The number of carbonyl (C=O) groups excluding carboxylic acids is 1. The molecule has 0 aromatic heterocycles. The zero-order valence-electron chi connectivity index (χ0n) is 12.1. The zero-order valence-corrected chi connectivity index (χ0v) is 12.9. The van der Waals surface area contributed by atoms with Crippen molar-refractivity contribution < 1.29 is 4.79 Å². The van der Waals surface area contributed by atoms with E-state index < -0.39 is 0 Å². The summed E-state index contributed by atoms with van der Waals surface area (Å²) in [4.78, 5) is 17.2. The fourth-order valence-corrected chi connectivity index (χ4v) is 2.99. The van der Waals surface area contributed by atoms with E-state index in [4.69, 9.17) is 18.0 Å². The molecule has 1 heterocycles. The lowest BCUT2D eigenvalue weighted by Crippen LogP contribution is -2.49. The Kier molecular flexibility index (Phi) is 4.22. The molecule has 21 heavy (non-hydrogen) atoms. The second-order valence-corrected chi connectivity index (χ2v) is 6.33. The van der Waals surface area contributed by atoms with Gasteiger partial charge in [-0.05, 0) is 18.4 Å². The maximum absolute atomic E-state index is 12.3. The summed E-state index contributed by atoms with van der Waals surface area (Å²) in [6, 6.07) is 8.45. The van der Waals surface area contributed by atoms with E-state index in [0.29, 0.717) is 11.4 Å². The number of nitrogens with zero attached hydrogens (tertiary/aromatic N) is 2. The predicted octanol–water partition coefficient (Wildman–Crippen LogP) is 1.17. The quantitative estimate of drug-likeness (QED) is 0.848. The number of thiocarbonyl (C=S) groups is 1. The van der Waals surface area contributed by atoms with Gasteiger partial charge >= 0.3 is 0 Å². The van der Waals surface area contributed by atoms with Crippen molar-refractivity contribution in [3.63, 3.8) is 0 Å². The lowest BCUT2D eigenvalue weighted by molar-refractivity contribution is -0.132. The minimum absolute atomic E-state index is 0.216. The van der Waals surface area contributed by atoms with Crippen LogP contribution in [0.25, 0.3) is 0 Å². The van der Waals surface area contributed by atoms with Crippen LogP contribution in [0.4, 0.5) is 0 Å². The minimum atomic E-state index is 0.216. The molecule has 1 amide bonds. The Balaban J connectivity index is 1.52. The highest BCUT2D eigenvalue weighted by Gasteiger charge is 2.32. The Morgan fingerprint density at radius 2 is 1.76 bits per heavy atom. The van der Waals surface area contributed by atoms with Crippen LogP contribution < -0.4 is 5.73 Å². The predicted molar refractivity (Wildman–Crippen MR) is 87.2 cm³/mol. The van der Waals surface area contributed by atoms with Crippen molar-refractivity contribution in [2.45, 2.75) is 25.3 Å². The molecule has 0 radical (unpaired) electrons. The SMILES string of the molecule is NC(=S)c1ccc(CC(=O)N2CCN(C3CC3)CC2)cc1. The van der Waals surface area contributed by atoms with E-state index in [2.05, 4.69) is 4.90 Å². The van der Waals surface area contributed by atoms with Gasteiger partial charge in [-0.2, -0.15) is 0 Å². The summed E-state index contributed by atoms with van der Waals surface area (Å²) in [5.41, 5.74) is 7.44. The number of carbonyl (C=O) groups is 1. The first-order chi connectivity index (χ1) is 10.1. The van der Waals surface area contributed by atoms with Gasteiger partial charge < -0.3 is 10.6 Å². The lowest BCUT2D eigenvalue weighted by atomic mass is 10.1. The summed E-state index contributed by atoms with van der Waals surface area (Å²) in [6.07, 6.45) is 3.13. The van der Waals surface area contributed by atoms with Crippen molar-refractivity contribution in [1.82, 2.24) is 9.80 Å². The van der Waals surface area contributed by atoms with Crippen LogP contribution in [0, 0.1) is 0 Å². The molecule has 1 aromatic carbocycles. The average molecular weight is 303 g/mol. The van der Waals surface area contributed by atoms with E-state index in [9.17, 15) is 4.79 Å². The van der Waals surface area contributed by atoms with Crippen LogP contribution in [0.1, 0.15) is 24.0 Å². The first-order valence-corrected chi connectivity index (χ1v) is 7.95. The summed E-state index contributed by atoms with van der Waals surface area (Å²) in [5.74, 6) is 0.216. The first-order valence-electron chi connectivity index (χ1n) is 7.54. The monoisotopic (exact) mass is 303 g/mol. The number of hydrogen-bond acceptors (Lipinski definition) is 3. The van der Waals surface area contributed by atoms with Crippen LogP contribution >= 0.6 is 12.2 Å². The molecule has 1 saturated carbocycles. The molecule has 5 heteroatoms.